The molecule has 0 saturated heterocycles. The van der Waals surface area contributed by atoms with Gasteiger partial charge in [-0.15, -0.1) is 0 Å². The number of ether oxygens (including phenoxy) is 1. The van der Waals surface area contributed by atoms with Gasteiger partial charge < -0.3 is 10.1 Å². The van der Waals surface area contributed by atoms with E-state index in [4.69, 9.17) is 4.74 Å². The van der Waals surface area contributed by atoms with E-state index in [0.717, 1.165) is 6.54 Å². The van der Waals surface area contributed by atoms with E-state index in [9.17, 15) is 0 Å². The molecule has 3 nitrogen and oxygen atoms in total. The van der Waals surface area contributed by atoms with E-state index < -0.39 is 0 Å². The lowest BCUT2D eigenvalue weighted by Crippen LogP contribution is -2.35. The van der Waals surface area contributed by atoms with Crippen molar-refractivity contribution in [3.63, 3.8) is 0 Å². The molecule has 0 atom stereocenters. The fraction of sp³-hybridized carbons (Fsp3) is 0.462. The van der Waals surface area contributed by atoms with Crippen molar-refractivity contribution in [2.45, 2.75) is 32.9 Å². The highest BCUT2D eigenvalue weighted by atomic mass is 16.5. The molecule has 0 saturated carbocycles. The molecular weight excluding hydrogens is 200 g/mol. The Morgan fingerprint density at radius 3 is 2.88 bits per heavy atom. The van der Waals surface area contributed by atoms with Gasteiger partial charge in [0.05, 0.1) is 0 Å². The number of hydrogen-bond donors (Lipinski definition) is 1. The third kappa shape index (κ3) is 4.94. The van der Waals surface area contributed by atoms with Crippen LogP contribution in [0.2, 0.25) is 0 Å². The highest BCUT2D eigenvalue weighted by Crippen LogP contribution is 2.10. The topological polar surface area (TPSA) is 34.1 Å². The molecule has 1 aromatic rings. The van der Waals surface area contributed by atoms with E-state index in [1.165, 1.54) is 5.56 Å². The Morgan fingerprint density at radius 1 is 1.50 bits per heavy atom. The minimum absolute atomic E-state index is 0.116. The van der Waals surface area contributed by atoms with E-state index in [1.807, 2.05) is 12.1 Å². The summed E-state index contributed by atoms with van der Waals surface area (Å²) in [5.41, 5.74) is 1.29. The third-order valence-electron chi connectivity index (χ3n) is 1.97. The van der Waals surface area contributed by atoms with Crippen LogP contribution in [0.4, 0.5) is 0 Å². The maximum atomic E-state index is 5.37. The summed E-state index contributed by atoms with van der Waals surface area (Å²) in [4.78, 5) is 4.12. The second-order valence-electron chi connectivity index (χ2n) is 4.71. The van der Waals surface area contributed by atoms with Gasteiger partial charge in [0.15, 0.2) is 0 Å². The quantitative estimate of drug-likeness (QED) is 0.774. The van der Waals surface area contributed by atoms with Crippen molar-refractivity contribution in [1.82, 2.24) is 10.3 Å². The first-order valence-corrected chi connectivity index (χ1v) is 5.45. The molecule has 0 aromatic carbocycles. The van der Waals surface area contributed by atoms with Crippen LogP contribution < -0.4 is 10.1 Å². The summed E-state index contributed by atoms with van der Waals surface area (Å²) in [5.74, 6) is 0.646. The standard InChI is InChI=1S/C13H20N2O/c1-5-8-16-12-9-11(6-7-14-12)10-15-13(2,3)4/h5-7,9,15H,1,8,10H2,2-4H3. The highest BCUT2D eigenvalue weighted by molar-refractivity contribution is 5.20. The zero-order valence-electron chi connectivity index (χ0n) is 10.3. The number of rotatable bonds is 5. The lowest BCUT2D eigenvalue weighted by Gasteiger charge is -2.20. The Morgan fingerprint density at radius 2 is 2.25 bits per heavy atom. The summed E-state index contributed by atoms with van der Waals surface area (Å²) in [6.45, 7) is 11.3. The lowest BCUT2D eigenvalue weighted by molar-refractivity contribution is 0.347. The van der Waals surface area contributed by atoms with Crippen molar-refractivity contribution in [2.75, 3.05) is 6.61 Å². The molecule has 16 heavy (non-hydrogen) atoms. The van der Waals surface area contributed by atoms with Crippen molar-refractivity contribution < 1.29 is 4.74 Å². The molecule has 1 aromatic heterocycles. The second-order valence-corrected chi connectivity index (χ2v) is 4.71. The Balaban J connectivity index is 2.56. The van der Waals surface area contributed by atoms with Crippen LogP contribution in [0.3, 0.4) is 0 Å². The molecule has 0 aliphatic carbocycles. The van der Waals surface area contributed by atoms with Crippen LogP contribution in [0.5, 0.6) is 5.88 Å². The summed E-state index contributed by atoms with van der Waals surface area (Å²) in [6.07, 6.45) is 3.47. The minimum Gasteiger partial charge on any atom is -0.473 e. The molecule has 0 bridgehead atoms. The number of aromatic nitrogens is 1. The van der Waals surface area contributed by atoms with Crippen molar-refractivity contribution >= 4 is 0 Å². The Kier molecular flexibility index (Phi) is 4.50. The van der Waals surface area contributed by atoms with E-state index in [2.05, 4.69) is 37.7 Å². The molecule has 0 aliphatic heterocycles. The lowest BCUT2D eigenvalue weighted by atomic mass is 10.1. The van der Waals surface area contributed by atoms with Gasteiger partial charge >= 0.3 is 0 Å². The van der Waals surface area contributed by atoms with E-state index in [0.29, 0.717) is 12.5 Å². The van der Waals surface area contributed by atoms with Crippen molar-refractivity contribution in [2.24, 2.45) is 0 Å². The normalized spacial score (nSPS) is 11.2. The van der Waals surface area contributed by atoms with Gasteiger partial charge in [-0.2, -0.15) is 0 Å². The van der Waals surface area contributed by atoms with Gasteiger partial charge in [0, 0.05) is 24.3 Å². The first kappa shape index (κ1) is 12.7. The molecule has 1 heterocycles. The molecule has 0 amide bonds. The Labute approximate surface area is 97.5 Å². The Hall–Kier alpha value is -1.35. The number of pyridine rings is 1. The van der Waals surface area contributed by atoms with Crippen LogP contribution in [0.1, 0.15) is 26.3 Å². The van der Waals surface area contributed by atoms with Crippen LogP contribution in [-0.2, 0) is 6.54 Å². The summed E-state index contributed by atoms with van der Waals surface area (Å²) >= 11 is 0. The van der Waals surface area contributed by atoms with Gasteiger partial charge in [0.25, 0.3) is 0 Å². The molecule has 1 N–H and O–H groups in total. The molecule has 0 aliphatic rings. The van der Waals surface area contributed by atoms with Gasteiger partial charge in [-0.25, -0.2) is 4.98 Å². The predicted molar refractivity (Wildman–Crippen MR) is 66.5 cm³/mol. The van der Waals surface area contributed by atoms with Crippen LogP contribution in [0, 0.1) is 0 Å². The minimum atomic E-state index is 0.116. The average Bonchev–Trinajstić information content (AvgIpc) is 2.23. The zero-order chi connectivity index (χ0) is 12.0. The molecule has 0 fully saturated rings. The van der Waals surface area contributed by atoms with Crippen molar-refractivity contribution in [3.8, 4) is 5.88 Å². The fourth-order valence-electron chi connectivity index (χ4n) is 1.15. The van der Waals surface area contributed by atoms with Crippen molar-refractivity contribution in [3.05, 3.63) is 36.5 Å². The van der Waals surface area contributed by atoms with Gasteiger partial charge in [-0.3, -0.25) is 0 Å². The van der Waals surface area contributed by atoms with E-state index in [1.54, 1.807) is 12.3 Å². The maximum Gasteiger partial charge on any atom is 0.213 e. The maximum absolute atomic E-state index is 5.37. The first-order valence-electron chi connectivity index (χ1n) is 5.45. The van der Waals surface area contributed by atoms with Crippen LogP contribution in [-0.4, -0.2) is 17.1 Å². The highest BCUT2D eigenvalue weighted by Gasteiger charge is 2.08. The van der Waals surface area contributed by atoms with E-state index >= 15 is 0 Å². The predicted octanol–water partition coefficient (Wildman–Crippen LogP) is 2.53. The van der Waals surface area contributed by atoms with Crippen LogP contribution in [0.25, 0.3) is 0 Å². The summed E-state index contributed by atoms with van der Waals surface area (Å²) in [7, 11) is 0. The number of hydrogen-bond acceptors (Lipinski definition) is 3. The zero-order valence-corrected chi connectivity index (χ0v) is 10.3. The monoisotopic (exact) mass is 220 g/mol. The first-order chi connectivity index (χ1) is 7.51. The van der Waals surface area contributed by atoms with Gasteiger partial charge in [0.1, 0.15) is 6.61 Å². The molecule has 0 unspecified atom stereocenters. The second kappa shape index (κ2) is 5.66. The van der Waals surface area contributed by atoms with Gasteiger partial charge in [-0.05, 0) is 32.4 Å². The van der Waals surface area contributed by atoms with Crippen LogP contribution in [0.15, 0.2) is 31.0 Å². The smallest absolute Gasteiger partial charge is 0.213 e. The number of nitrogens with zero attached hydrogens (tertiary/aromatic N) is 1. The summed E-state index contributed by atoms with van der Waals surface area (Å²) in [6, 6.07) is 3.93. The molecule has 1 rings (SSSR count). The average molecular weight is 220 g/mol. The number of nitrogens with one attached hydrogen (secondary N) is 1. The fourth-order valence-corrected chi connectivity index (χ4v) is 1.15. The third-order valence-corrected chi connectivity index (χ3v) is 1.97. The van der Waals surface area contributed by atoms with Crippen LogP contribution >= 0.6 is 0 Å². The van der Waals surface area contributed by atoms with Gasteiger partial charge in [-0.1, -0.05) is 12.7 Å². The molecule has 88 valence electrons. The Bertz CT molecular complexity index is 342. The van der Waals surface area contributed by atoms with Gasteiger partial charge in [0.2, 0.25) is 5.88 Å². The molecule has 3 heteroatoms. The molecular formula is C13H20N2O. The van der Waals surface area contributed by atoms with Crippen molar-refractivity contribution in [1.29, 1.82) is 0 Å². The SMILES string of the molecule is C=CCOc1cc(CNC(C)(C)C)ccn1. The molecule has 0 spiro atoms. The molecule has 0 radical (unpaired) electrons. The summed E-state index contributed by atoms with van der Waals surface area (Å²) < 4.78 is 5.37. The summed E-state index contributed by atoms with van der Waals surface area (Å²) in [5, 5.41) is 3.42. The van der Waals surface area contributed by atoms with E-state index in [-0.39, 0.29) is 5.54 Å². The largest absolute Gasteiger partial charge is 0.473 e.